The third kappa shape index (κ3) is 3.98. The van der Waals surface area contributed by atoms with Crippen LogP contribution >= 0.6 is 35.9 Å². The van der Waals surface area contributed by atoms with E-state index in [0.717, 1.165) is 18.7 Å². The van der Waals surface area contributed by atoms with Crippen molar-refractivity contribution in [3.05, 3.63) is 59.7 Å². The van der Waals surface area contributed by atoms with Crippen molar-refractivity contribution in [1.82, 2.24) is 5.32 Å². The molecule has 0 bridgehead atoms. The Morgan fingerprint density at radius 3 is 2.62 bits per heavy atom. The molecule has 2 aromatic rings. The molecule has 1 aliphatic rings. The first-order valence-corrected chi connectivity index (χ1v) is 8.86. The smallest absolute Gasteiger partial charge is 0.0349 e. The number of nitrogens with one attached hydrogen (secondary N) is 1. The van der Waals surface area contributed by atoms with E-state index >= 15 is 0 Å². The van der Waals surface area contributed by atoms with Gasteiger partial charge >= 0.3 is 0 Å². The predicted molar refractivity (Wildman–Crippen MR) is 97.1 cm³/mol. The third-order valence-electron chi connectivity index (χ3n) is 3.53. The van der Waals surface area contributed by atoms with Gasteiger partial charge in [-0.05, 0) is 36.7 Å². The summed E-state index contributed by atoms with van der Waals surface area (Å²) in [6.07, 6.45) is 1.13. The Kier molecular flexibility index (Phi) is 6.49. The Balaban J connectivity index is 0.00000161. The van der Waals surface area contributed by atoms with Gasteiger partial charge < -0.3 is 5.32 Å². The molecule has 0 aromatic heterocycles. The van der Waals surface area contributed by atoms with Crippen LogP contribution in [-0.4, -0.2) is 19.3 Å². The van der Waals surface area contributed by atoms with Gasteiger partial charge in [0.25, 0.3) is 0 Å². The first-order chi connectivity index (χ1) is 9.88. The van der Waals surface area contributed by atoms with Gasteiger partial charge in [0, 0.05) is 27.3 Å². The Bertz CT molecular complexity index is 589. The molecule has 3 rings (SSSR count). The number of fused-ring (bicyclic) bond motifs is 2. The Hall–Kier alpha value is -0.610. The molecule has 0 aliphatic carbocycles. The molecule has 0 amide bonds. The summed E-state index contributed by atoms with van der Waals surface area (Å²) in [5.41, 5.74) is 2.98. The Morgan fingerprint density at radius 2 is 1.81 bits per heavy atom. The molecule has 1 atom stereocenters. The zero-order valence-corrected chi connectivity index (χ0v) is 14.5. The van der Waals surface area contributed by atoms with E-state index in [0.29, 0.717) is 5.25 Å². The number of benzene rings is 2. The number of halogens is 1. The fourth-order valence-corrected chi connectivity index (χ4v) is 5.00. The van der Waals surface area contributed by atoms with E-state index in [1.165, 1.54) is 20.9 Å². The molecule has 0 saturated carbocycles. The quantitative estimate of drug-likeness (QED) is 0.804. The Labute approximate surface area is 141 Å². The van der Waals surface area contributed by atoms with Gasteiger partial charge in [-0.2, -0.15) is 11.8 Å². The van der Waals surface area contributed by atoms with Crippen LogP contribution in [0.25, 0.3) is 0 Å². The molecule has 112 valence electrons. The van der Waals surface area contributed by atoms with Crippen molar-refractivity contribution < 1.29 is 0 Å². The van der Waals surface area contributed by atoms with Crippen LogP contribution in [-0.2, 0) is 6.42 Å². The maximum absolute atomic E-state index is 3.24. The van der Waals surface area contributed by atoms with E-state index in [4.69, 9.17) is 0 Å². The first-order valence-electron chi connectivity index (χ1n) is 6.99. The highest BCUT2D eigenvalue weighted by Crippen LogP contribution is 2.45. The van der Waals surface area contributed by atoms with Crippen LogP contribution in [0, 0.1) is 0 Å². The van der Waals surface area contributed by atoms with Crippen molar-refractivity contribution in [3.8, 4) is 0 Å². The van der Waals surface area contributed by atoms with Gasteiger partial charge in [0.15, 0.2) is 0 Å². The topological polar surface area (TPSA) is 12.0 Å². The van der Waals surface area contributed by atoms with Gasteiger partial charge in [-0.25, -0.2) is 0 Å². The Morgan fingerprint density at radius 1 is 1.10 bits per heavy atom. The van der Waals surface area contributed by atoms with Crippen molar-refractivity contribution in [1.29, 1.82) is 0 Å². The summed E-state index contributed by atoms with van der Waals surface area (Å²) in [5.74, 6) is 1.16. The zero-order chi connectivity index (χ0) is 13.8. The second kappa shape index (κ2) is 8.14. The predicted octanol–water partition coefficient (Wildman–Crippen LogP) is 4.81. The van der Waals surface area contributed by atoms with E-state index in [1.54, 1.807) is 0 Å². The van der Waals surface area contributed by atoms with E-state index in [-0.39, 0.29) is 12.4 Å². The molecule has 0 spiro atoms. The van der Waals surface area contributed by atoms with E-state index in [2.05, 4.69) is 65.6 Å². The van der Waals surface area contributed by atoms with Crippen molar-refractivity contribution in [3.63, 3.8) is 0 Å². The first kappa shape index (κ1) is 16.8. The van der Waals surface area contributed by atoms with Gasteiger partial charge in [0.05, 0.1) is 0 Å². The molecule has 0 saturated heterocycles. The second-order valence-electron chi connectivity index (χ2n) is 4.91. The summed E-state index contributed by atoms with van der Waals surface area (Å²) in [5, 5.41) is 3.81. The lowest BCUT2D eigenvalue weighted by Gasteiger charge is -2.17. The van der Waals surface area contributed by atoms with Gasteiger partial charge in [-0.3, -0.25) is 0 Å². The molecule has 4 heteroatoms. The lowest BCUT2D eigenvalue weighted by molar-refractivity contribution is 0.858. The van der Waals surface area contributed by atoms with Crippen LogP contribution in [0.4, 0.5) is 0 Å². The van der Waals surface area contributed by atoms with Gasteiger partial charge in [0.1, 0.15) is 0 Å². The van der Waals surface area contributed by atoms with Crippen LogP contribution in [0.3, 0.4) is 0 Å². The minimum absolute atomic E-state index is 0. The van der Waals surface area contributed by atoms with Gasteiger partial charge in [-0.15, -0.1) is 12.4 Å². The normalized spacial score (nSPS) is 16.3. The molecule has 1 aliphatic heterocycles. The maximum atomic E-state index is 3.24. The van der Waals surface area contributed by atoms with Crippen molar-refractivity contribution in [2.75, 3.05) is 19.3 Å². The third-order valence-corrected chi connectivity index (χ3v) is 6.01. The molecule has 1 unspecified atom stereocenters. The molecular weight excluding hydrogens is 318 g/mol. The summed E-state index contributed by atoms with van der Waals surface area (Å²) in [6.45, 7) is 1.07. The van der Waals surface area contributed by atoms with Crippen LogP contribution < -0.4 is 5.32 Å². The second-order valence-corrected chi connectivity index (χ2v) is 7.31. The SMILES string of the molecule is CNCCSC1Cc2ccccc2Sc2ccccc21.Cl. The van der Waals surface area contributed by atoms with Gasteiger partial charge in [-0.1, -0.05) is 48.2 Å². The van der Waals surface area contributed by atoms with E-state index < -0.39 is 0 Å². The van der Waals surface area contributed by atoms with Gasteiger partial charge in [0.2, 0.25) is 0 Å². The average Bonchev–Trinajstić information content (AvgIpc) is 2.64. The monoisotopic (exact) mass is 337 g/mol. The summed E-state index contributed by atoms with van der Waals surface area (Å²) in [6, 6.07) is 17.7. The lowest BCUT2D eigenvalue weighted by Crippen LogP contribution is -2.11. The van der Waals surface area contributed by atoms with E-state index in [1.807, 2.05) is 18.8 Å². The van der Waals surface area contributed by atoms with Crippen molar-refractivity contribution in [2.45, 2.75) is 21.5 Å². The molecular formula is C17H20ClNS2. The number of hydrogen-bond donors (Lipinski definition) is 1. The molecule has 2 aromatic carbocycles. The summed E-state index contributed by atoms with van der Waals surface area (Å²) in [7, 11) is 2.02. The highest BCUT2D eigenvalue weighted by Gasteiger charge is 2.22. The standard InChI is InChI=1S/C17H19NS2.ClH/c1-18-10-11-19-17-12-13-6-2-4-8-15(13)20-16-9-5-3-7-14(16)17;/h2-9,17-18H,10-12H2,1H3;1H. The summed E-state index contributed by atoms with van der Waals surface area (Å²) < 4.78 is 0. The number of hydrogen-bond acceptors (Lipinski definition) is 3. The summed E-state index contributed by atoms with van der Waals surface area (Å²) in [4.78, 5) is 2.83. The number of rotatable bonds is 4. The largest absolute Gasteiger partial charge is 0.319 e. The van der Waals surface area contributed by atoms with Crippen LogP contribution in [0.15, 0.2) is 58.3 Å². The fourth-order valence-electron chi connectivity index (χ4n) is 2.49. The van der Waals surface area contributed by atoms with Crippen molar-refractivity contribution in [2.24, 2.45) is 0 Å². The van der Waals surface area contributed by atoms with E-state index in [9.17, 15) is 0 Å². The summed E-state index contributed by atoms with van der Waals surface area (Å²) >= 11 is 3.98. The fraction of sp³-hybridized carbons (Fsp3) is 0.294. The molecule has 21 heavy (non-hydrogen) atoms. The highest BCUT2D eigenvalue weighted by molar-refractivity contribution is 8.00. The van der Waals surface area contributed by atoms with Crippen LogP contribution in [0.1, 0.15) is 16.4 Å². The minimum atomic E-state index is 0. The van der Waals surface area contributed by atoms with Crippen LogP contribution in [0.2, 0.25) is 0 Å². The molecule has 1 nitrogen and oxygen atoms in total. The zero-order valence-electron chi connectivity index (χ0n) is 12.0. The van der Waals surface area contributed by atoms with Crippen LogP contribution in [0.5, 0.6) is 0 Å². The maximum Gasteiger partial charge on any atom is 0.0349 e. The minimum Gasteiger partial charge on any atom is -0.319 e. The molecule has 1 N–H and O–H groups in total. The molecule has 0 radical (unpaired) electrons. The highest BCUT2D eigenvalue weighted by atomic mass is 35.5. The average molecular weight is 338 g/mol. The molecule has 1 heterocycles. The molecule has 0 fully saturated rings. The number of thioether (sulfide) groups is 1. The van der Waals surface area contributed by atoms with Crippen molar-refractivity contribution >= 4 is 35.9 Å². The lowest BCUT2D eigenvalue weighted by atomic mass is 10.0.